The topological polar surface area (TPSA) is 58.6 Å². The van der Waals surface area contributed by atoms with Gasteiger partial charge in [-0.1, -0.05) is 26.0 Å². The van der Waals surface area contributed by atoms with Crippen molar-refractivity contribution < 1.29 is 14.3 Å². The van der Waals surface area contributed by atoms with Gasteiger partial charge >= 0.3 is 0 Å². The van der Waals surface area contributed by atoms with Gasteiger partial charge in [-0.2, -0.15) is 0 Å². The highest BCUT2D eigenvalue weighted by Gasteiger charge is 2.20. The van der Waals surface area contributed by atoms with Crippen LogP contribution in [0.25, 0.3) is 0 Å². The lowest BCUT2D eigenvalue weighted by Gasteiger charge is -2.26. The molecule has 0 atom stereocenters. The number of rotatable bonds is 4. The molecule has 0 radical (unpaired) electrons. The van der Waals surface area contributed by atoms with E-state index in [1.165, 1.54) is 5.56 Å². The highest BCUT2D eigenvalue weighted by molar-refractivity contribution is 6.04. The van der Waals surface area contributed by atoms with Gasteiger partial charge in [0.25, 0.3) is 11.8 Å². The van der Waals surface area contributed by atoms with Gasteiger partial charge in [-0.25, -0.2) is 0 Å². The number of anilines is 2. The summed E-state index contributed by atoms with van der Waals surface area (Å²) in [5, 5.41) is 2.88. The number of benzene rings is 2. The summed E-state index contributed by atoms with van der Waals surface area (Å²) in [6.07, 6.45) is 0. The molecule has 0 spiro atoms. The molecule has 1 N–H and O–H groups in total. The molecule has 0 saturated carbocycles. The fraction of sp³-hybridized carbons (Fsp3) is 0.300. The van der Waals surface area contributed by atoms with E-state index in [0.717, 1.165) is 5.69 Å². The van der Waals surface area contributed by atoms with Crippen molar-refractivity contribution >= 4 is 23.2 Å². The zero-order chi connectivity index (χ0) is 17.8. The van der Waals surface area contributed by atoms with Crippen LogP contribution in [0, 0.1) is 0 Å². The summed E-state index contributed by atoms with van der Waals surface area (Å²) in [6.45, 7) is 5.44. The van der Waals surface area contributed by atoms with Gasteiger partial charge in [0.1, 0.15) is 6.61 Å². The van der Waals surface area contributed by atoms with Crippen LogP contribution in [0.2, 0.25) is 0 Å². The second-order valence-electron chi connectivity index (χ2n) is 6.38. The lowest BCUT2D eigenvalue weighted by atomic mass is 10.0. The first-order chi connectivity index (χ1) is 12.0. The van der Waals surface area contributed by atoms with Gasteiger partial charge in [0.15, 0.2) is 0 Å². The van der Waals surface area contributed by atoms with Crippen LogP contribution in [-0.4, -0.2) is 31.6 Å². The molecular weight excluding hydrogens is 316 g/mol. The van der Waals surface area contributed by atoms with Crippen molar-refractivity contribution in [3.05, 3.63) is 59.7 Å². The van der Waals surface area contributed by atoms with Gasteiger partial charge in [-0.15, -0.1) is 0 Å². The summed E-state index contributed by atoms with van der Waals surface area (Å²) >= 11 is 0. The van der Waals surface area contributed by atoms with Crippen LogP contribution >= 0.6 is 0 Å². The summed E-state index contributed by atoms with van der Waals surface area (Å²) in [4.78, 5) is 25.9. The molecule has 1 aliphatic heterocycles. The molecule has 0 bridgehead atoms. The molecule has 130 valence electrons. The molecule has 1 aliphatic rings. The summed E-state index contributed by atoms with van der Waals surface area (Å²) in [5.41, 5.74) is 3.34. The van der Waals surface area contributed by atoms with E-state index in [1.54, 1.807) is 17.0 Å². The van der Waals surface area contributed by atoms with Crippen LogP contribution < -0.4 is 10.2 Å². The minimum Gasteiger partial charge on any atom is -0.370 e. The number of hydrogen-bond donors (Lipinski definition) is 1. The molecule has 2 aromatic carbocycles. The first kappa shape index (κ1) is 17.2. The van der Waals surface area contributed by atoms with E-state index in [1.807, 2.05) is 36.4 Å². The molecule has 1 fully saturated rings. The van der Waals surface area contributed by atoms with E-state index in [-0.39, 0.29) is 18.4 Å². The molecule has 0 aromatic heterocycles. The molecule has 5 nitrogen and oxygen atoms in total. The average Bonchev–Trinajstić information content (AvgIpc) is 2.63. The largest absolute Gasteiger partial charge is 0.370 e. The summed E-state index contributed by atoms with van der Waals surface area (Å²) in [6, 6.07) is 14.9. The molecule has 0 unspecified atom stereocenters. The van der Waals surface area contributed by atoms with Crippen molar-refractivity contribution in [2.24, 2.45) is 0 Å². The predicted octanol–water partition coefficient (Wildman–Crippen LogP) is 3.43. The Hall–Kier alpha value is -2.66. The fourth-order valence-corrected chi connectivity index (χ4v) is 2.74. The molecule has 3 rings (SSSR count). The molecule has 25 heavy (non-hydrogen) atoms. The Morgan fingerprint density at radius 3 is 2.36 bits per heavy atom. The number of carbonyl (C=O) groups excluding carboxylic acids is 2. The molecule has 2 amide bonds. The number of ether oxygens (including phenoxy) is 1. The van der Waals surface area contributed by atoms with Crippen molar-refractivity contribution in [1.82, 2.24) is 0 Å². The number of carbonyl (C=O) groups is 2. The molecule has 5 heteroatoms. The Balaban J connectivity index is 1.66. The van der Waals surface area contributed by atoms with E-state index < -0.39 is 0 Å². The first-order valence-electron chi connectivity index (χ1n) is 8.44. The van der Waals surface area contributed by atoms with Gasteiger partial charge in [-0.05, 0) is 47.9 Å². The zero-order valence-electron chi connectivity index (χ0n) is 14.5. The fourth-order valence-electron chi connectivity index (χ4n) is 2.74. The number of hydrogen-bond acceptors (Lipinski definition) is 3. The summed E-state index contributed by atoms with van der Waals surface area (Å²) < 4.78 is 5.13. The third-order valence-corrected chi connectivity index (χ3v) is 4.26. The molecule has 1 saturated heterocycles. The normalized spacial score (nSPS) is 14.7. The maximum atomic E-state index is 12.3. The van der Waals surface area contributed by atoms with Crippen molar-refractivity contribution in [2.45, 2.75) is 19.8 Å². The number of morpholine rings is 1. The Bertz CT molecular complexity index is 752. The van der Waals surface area contributed by atoms with E-state index in [0.29, 0.717) is 30.3 Å². The lowest BCUT2D eigenvalue weighted by molar-refractivity contribution is -0.125. The van der Waals surface area contributed by atoms with Gasteiger partial charge < -0.3 is 15.0 Å². The van der Waals surface area contributed by atoms with Crippen molar-refractivity contribution in [2.75, 3.05) is 30.0 Å². The minimum atomic E-state index is -0.148. The van der Waals surface area contributed by atoms with Crippen LogP contribution in [-0.2, 0) is 9.53 Å². The summed E-state index contributed by atoms with van der Waals surface area (Å²) in [5.74, 6) is 0.242. The third kappa shape index (κ3) is 4.06. The van der Waals surface area contributed by atoms with Crippen molar-refractivity contribution in [3.63, 3.8) is 0 Å². The summed E-state index contributed by atoms with van der Waals surface area (Å²) in [7, 11) is 0. The molecule has 2 aromatic rings. The SMILES string of the molecule is CC(C)c1ccc(C(=O)Nc2ccc(N3CCOCC3=O)cc2)cc1. The highest BCUT2D eigenvalue weighted by Crippen LogP contribution is 2.20. The van der Waals surface area contributed by atoms with Crippen LogP contribution in [0.15, 0.2) is 48.5 Å². The van der Waals surface area contributed by atoms with Gasteiger partial charge in [0, 0.05) is 23.5 Å². The average molecular weight is 338 g/mol. The smallest absolute Gasteiger partial charge is 0.255 e. The van der Waals surface area contributed by atoms with Crippen LogP contribution in [0.3, 0.4) is 0 Å². The molecular formula is C20H22N2O3. The monoisotopic (exact) mass is 338 g/mol. The lowest BCUT2D eigenvalue weighted by Crippen LogP contribution is -2.41. The van der Waals surface area contributed by atoms with Gasteiger partial charge in [0.2, 0.25) is 0 Å². The Morgan fingerprint density at radius 2 is 1.76 bits per heavy atom. The maximum Gasteiger partial charge on any atom is 0.255 e. The second kappa shape index (κ2) is 7.49. The molecule has 1 heterocycles. The number of amides is 2. The highest BCUT2D eigenvalue weighted by atomic mass is 16.5. The second-order valence-corrected chi connectivity index (χ2v) is 6.38. The molecule has 0 aliphatic carbocycles. The van der Waals surface area contributed by atoms with E-state index in [2.05, 4.69) is 19.2 Å². The minimum absolute atomic E-state index is 0.0479. The van der Waals surface area contributed by atoms with E-state index in [4.69, 9.17) is 4.74 Å². The zero-order valence-corrected chi connectivity index (χ0v) is 14.5. The van der Waals surface area contributed by atoms with Crippen molar-refractivity contribution in [1.29, 1.82) is 0 Å². The Kier molecular flexibility index (Phi) is 5.14. The standard InChI is InChI=1S/C20H22N2O3/c1-14(2)15-3-5-16(6-4-15)20(24)21-17-7-9-18(10-8-17)22-11-12-25-13-19(22)23/h3-10,14H,11-13H2,1-2H3,(H,21,24). The van der Waals surface area contributed by atoms with Crippen LogP contribution in [0.1, 0.15) is 35.7 Å². The Morgan fingerprint density at radius 1 is 1.08 bits per heavy atom. The third-order valence-electron chi connectivity index (χ3n) is 4.26. The van der Waals surface area contributed by atoms with Crippen LogP contribution in [0.4, 0.5) is 11.4 Å². The van der Waals surface area contributed by atoms with Gasteiger partial charge in [-0.3, -0.25) is 9.59 Å². The number of nitrogens with zero attached hydrogens (tertiary/aromatic N) is 1. The predicted molar refractivity (Wildman–Crippen MR) is 98.1 cm³/mol. The quantitative estimate of drug-likeness (QED) is 0.929. The van der Waals surface area contributed by atoms with E-state index in [9.17, 15) is 9.59 Å². The van der Waals surface area contributed by atoms with Crippen LogP contribution in [0.5, 0.6) is 0 Å². The maximum absolute atomic E-state index is 12.3. The number of nitrogens with one attached hydrogen (secondary N) is 1. The Labute approximate surface area is 147 Å². The van der Waals surface area contributed by atoms with Gasteiger partial charge in [0.05, 0.1) is 6.61 Å². The first-order valence-corrected chi connectivity index (χ1v) is 8.44. The van der Waals surface area contributed by atoms with E-state index >= 15 is 0 Å². The van der Waals surface area contributed by atoms with Crippen molar-refractivity contribution in [3.8, 4) is 0 Å².